The lowest BCUT2D eigenvalue weighted by molar-refractivity contribution is 0.306. The fourth-order valence-electron chi connectivity index (χ4n) is 4.13. The molecule has 5 nitrogen and oxygen atoms in total. The maximum Gasteiger partial charge on any atom is 0.222 e. The first-order valence-corrected chi connectivity index (χ1v) is 10.8. The van der Waals surface area contributed by atoms with Gasteiger partial charge in [0.1, 0.15) is 18.7 Å². The van der Waals surface area contributed by atoms with E-state index in [-0.39, 0.29) is 12.1 Å². The fourth-order valence-corrected chi connectivity index (χ4v) is 4.13. The molecule has 5 rings (SSSR count). The first-order chi connectivity index (χ1) is 15.3. The number of hydrogen-bond acceptors (Lipinski definition) is 4. The van der Waals surface area contributed by atoms with E-state index in [1.54, 1.807) is 6.33 Å². The van der Waals surface area contributed by atoms with Crippen LogP contribution in [0.3, 0.4) is 0 Å². The zero-order valence-corrected chi connectivity index (χ0v) is 17.6. The van der Waals surface area contributed by atoms with Crippen LogP contribution < -0.4 is 10.1 Å². The molecule has 0 aliphatic carbocycles. The predicted octanol–water partition coefficient (Wildman–Crippen LogP) is 5.57. The average Bonchev–Trinajstić information content (AvgIpc) is 3.32. The highest BCUT2D eigenvalue weighted by molar-refractivity contribution is 5.40. The summed E-state index contributed by atoms with van der Waals surface area (Å²) >= 11 is 0. The van der Waals surface area contributed by atoms with Crippen LogP contribution in [-0.4, -0.2) is 14.8 Å². The molecule has 0 spiro atoms. The second kappa shape index (κ2) is 8.64. The Hall–Kier alpha value is -3.60. The lowest BCUT2D eigenvalue weighted by Gasteiger charge is -2.32. The summed E-state index contributed by atoms with van der Waals surface area (Å²) in [6, 6.07) is 27.8. The van der Waals surface area contributed by atoms with E-state index in [4.69, 9.17) is 4.74 Å². The van der Waals surface area contributed by atoms with Crippen LogP contribution in [0, 0.1) is 0 Å². The highest BCUT2D eigenvalue weighted by Gasteiger charge is 2.29. The Labute approximate surface area is 182 Å². The molecule has 2 unspecified atom stereocenters. The van der Waals surface area contributed by atoms with Crippen LogP contribution in [0.2, 0.25) is 0 Å². The lowest BCUT2D eigenvalue weighted by Crippen LogP contribution is -2.28. The van der Waals surface area contributed by atoms with Crippen molar-refractivity contribution in [1.82, 2.24) is 14.8 Å². The van der Waals surface area contributed by atoms with Crippen molar-refractivity contribution >= 4 is 5.95 Å². The van der Waals surface area contributed by atoms with Crippen LogP contribution in [0.5, 0.6) is 5.75 Å². The topological polar surface area (TPSA) is 52.0 Å². The summed E-state index contributed by atoms with van der Waals surface area (Å²) in [5.41, 5.74) is 4.99. The summed E-state index contributed by atoms with van der Waals surface area (Å²) in [5.74, 6) is 1.68. The van der Waals surface area contributed by atoms with Gasteiger partial charge in [-0.3, -0.25) is 0 Å². The minimum Gasteiger partial charge on any atom is -0.489 e. The highest BCUT2D eigenvalue weighted by atomic mass is 16.5. The molecule has 5 heteroatoms. The Morgan fingerprint density at radius 3 is 2.39 bits per heavy atom. The Balaban J connectivity index is 1.34. The Kier molecular flexibility index (Phi) is 5.40. The summed E-state index contributed by atoms with van der Waals surface area (Å²) in [7, 11) is 0. The molecular formula is C26H26N4O. The van der Waals surface area contributed by atoms with Gasteiger partial charge < -0.3 is 10.1 Å². The number of hydrogen-bond donors (Lipinski definition) is 1. The molecule has 0 fully saturated rings. The fraction of sp³-hybridized carbons (Fsp3) is 0.231. The molecule has 2 atom stereocenters. The van der Waals surface area contributed by atoms with E-state index in [1.807, 2.05) is 35.0 Å². The molecule has 3 aromatic carbocycles. The van der Waals surface area contributed by atoms with Gasteiger partial charge in [0.25, 0.3) is 0 Å². The Morgan fingerprint density at radius 1 is 0.903 bits per heavy atom. The molecule has 0 amide bonds. The lowest BCUT2D eigenvalue weighted by atomic mass is 9.93. The van der Waals surface area contributed by atoms with Crippen LogP contribution in [0.25, 0.3) is 0 Å². The number of nitrogens with one attached hydrogen (secondary N) is 1. The molecule has 1 aliphatic rings. The van der Waals surface area contributed by atoms with Gasteiger partial charge in [-0.2, -0.15) is 10.1 Å². The number of fused-ring (bicyclic) bond motifs is 1. The smallest absolute Gasteiger partial charge is 0.222 e. The van der Waals surface area contributed by atoms with Crippen molar-refractivity contribution < 1.29 is 4.74 Å². The number of anilines is 1. The van der Waals surface area contributed by atoms with Crippen molar-refractivity contribution in [3.8, 4) is 5.75 Å². The van der Waals surface area contributed by atoms with Gasteiger partial charge in [0, 0.05) is 0 Å². The van der Waals surface area contributed by atoms with Gasteiger partial charge in [-0.15, -0.1) is 0 Å². The second-order valence-corrected chi connectivity index (χ2v) is 7.92. The van der Waals surface area contributed by atoms with E-state index < -0.39 is 0 Å². The average molecular weight is 411 g/mol. The number of aryl methyl sites for hydroxylation is 1. The number of nitrogens with zero attached hydrogens (tertiary/aromatic N) is 3. The normalized spacial score (nSPS) is 17.6. The van der Waals surface area contributed by atoms with E-state index in [2.05, 4.69) is 70.9 Å². The third-order valence-electron chi connectivity index (χ3n) is 5.93. The zero-order valence-electron chi connectivity index (χ0n) is 17.6. The second-order valence-electron chi connectivity index (χ2n) is 7.92. The van der Waals surface area contributed by atoms with E-state index >= 15 is 0 Å². The molecule has 0 radical (unpaired) electrons. The van der Waals surface area contributed by atoms with Crippen LogP contribution in [-0.2, 0) is 13.0 Å². The maximum atomic E-state index is 5.95. The van der Waals surface area contributed by atoms with E-state index in [0.717, 1.165) is 30.1 Å². The molecule has 31 heavy (non-hydrogen) atoms. The monoisotopic (exact) mass is 410 g/mol. The summed E-state index contributed by atoms with van der Waals surface area (Å²) in [6.45, 7) is 2.75. The van der Waals surface area contributed by atoms with Crippen LogP contribution in [0.15, 0.2) is 85.2 Å². The molecular weight excluding hydrogens is 384 g/mol. The minimum atomic E-state index is 0.123. The van der Waals surface area contributed by atoms with Gasteiger partial charge in [0.2, 0.25) is 5.95 Å². The molecule has 1 N–H and O–H groups in total. The SMILES string of the molecule is CCc1ccc(C2CC(c3ccc(OCc4ccccc4)cc3)n3ncnc3N2)cc1. The van der Waals surface area contributed by atoms with Crippen LogP contribution >= 0.6 is 0 Å². The van der Waals surface area contributed by atoms with Gasteiger partial charge in [0.15, 0.2) is 0 Å². The molecule has 4 aromatic rings. The zero-order chi connectivity index (χ0) is 21.0. The number of rotatable bonds is 6. The number of ether oxygens (including phenoxy) is 1. The molecule has 0 saturated carbocycles. The molecule has 1 aromatic heterocycles. The van der Waals surface area contributed by atoms with E-state index in [1.165, 1.54) is 16.7 Å². The third kappa shape index (κ3) is 4.17. The quantitative estimate of drug-likeness (QED) is 0.452. The van der Waals surface area contributed by atoms with Crippen molar-refractivity contribution in [2.45, 2.75) is 38.5 Å². The number of aromatic nitrogens is 3. The summed E-state index contributed by atoms with van der Waals surface area (Å²) in [5, 5.41) is 8.03. The van der Waals surface area contributed by atoms with E-state index in [0.29, 0.717) is 6.61 Å². The summed E-state index contributed by atoms with van der Waals surface area (Å²) in [4.78, 5) is 4.44. The van der Waals surface area contributed by atoms with Gasteiger partial charge in [0.05, 0.1) is 12.1 Å². The first-order valence-electron chi connectivity index (χ1n) is 10.8. The van der Waals surface area contributed by atoms with Gasteiger partial charge >= 0.3 is 0 Å². The first kappa shape index (κ1) is 19.4. The Bertz CT molecular complexity index is 1120. The molecule has 0 bridgehead atoms. The van der Waals surface area contributed by atoms with Crippen molar-refractivity contribution in [3.63, 3.8) is 0 Å². The molecule has 0 saturated heterocycles. The van der Waals surface area contributed by atoms with Crippen LogP contribution in [0.4, 0.5) is 5.95 Å². The predicted molar refractivity (Wildman–Crippen MR) is 122 cm³/mol. The van der Waals surface area contributed by atoms with Crippen molar-refractivity contribution in [2.75, 3.05) is 5.32 Å². The van der Waals surface area contributed by atoms with Crippen molar-refractivity contribution in [2.24, 2.45) is 0 Å². The van der Waals surface area contributed by atoms with E-state index in [9.17, 15) is 0 Å². The van der Waals surface area contributed by atoms with Gasteiger partial charge in [-0.1, -0.05) is 73.7 Å². The molecule has 156 valence electrons. The standard InChI is InChI=1S/C26H26N4O/c1-2-19-8-10-21(11-9-19)24-16-25(30-26(29-24)27-18-28-30)22-12-14-23(15-13-22)31-17-20-6-4-3-5-7-20/h3-15,18,24-25H,2,16-17H2,1H3,(H,27,28,29). The number of benzene rings is 3. The van der Waals surface area contributed by atoms with Crippen molar-refractivity contribution in [1.29, 1.82) is 0 Å². The minimum absolute atomic E-state index is 0.123. The molecule has 2 heterocycles. The van der Waals surface area contributed by atoms with Crippen molar-refractivity contribution in [3.05, 3.63) is 107 Å². The van der Waals surface area contributed by atoms with Gasteiger partial charge in [-0.25, -0.2) is 4.68 Å². The third-order valence-corrected chi connectivity index (χ3v) is 5.93. The largest absolute Gasteiger partial charge is 0.489 e. The van der Waals surface area contributed by atoms with Crippen LogP contribution in [0.1, 0.15) is 47.7 Å². The highest BCUT2D eigenvalue weighted by Crippen LogP contribution is 2.37. The summed E-state index contributed by atoms with van der Waals surface area (Å²) < 4.78 is 7.94. The molecule has 1 aliphatic heterocycles. The Morgan fingerprint density at radius 2 is 1.65 bits per heavy atom. The summed E-state index contributed by atoms with van der Waals surface area (Å²) in [6.07, 6.45) is 3.58. The maximum absolute atomic E-state index is 5.95. The van der Waals surface area contributed by atoms with Gasteiger partial charge in [-0.05, 0) is 47.2 Å².